The minimum atomic E-state index is 0.443. The molecular formula is C18H20N4S. The van der Waals surface area contributed by atoms with E-state index in [-0.39, 0.29) is 0 Å². The third kappa shape index (κ3) is 2.64. The average molecular weight is 324 g/mol. The summed E-state index contributed by atoms with van der Waals surface area (Å²) in [6, 6.07) is 8.47. The predicted octanol–water partition coefficient (Wildman–Crippen LogP) is 4.85. The lowest BCUT2D eigenvalue weighted by Gasteiger charge is -2.06. The van der Waals surface area contributed by atoms with Crippen LogP contribution < -0.4 is 0 Å². The van der Waals surface area contributed by atoms with E-state index in [0.29, 0.717) is 11.6 Å². The Hall–Kier alpha value is -2.19. The van der Waals surface area contributed by atoms with E-state index in [2.05, 4.69) is 51.0 Å². The van der Waals surface area contributed by atoms with E-state index in [1.807, 2.05) is 6.07 Å². The molecule has 0 aliphatic heterocycles. The molecule has 0 unspecified atom stereocenters. The van der Waals surface area contributed by atoms with E-state index in [1.54, 1.807) is 15.9 Å². The molecule has 3 rings (SSSR count). The van der Waals surface area contributed by atoms with E-state index in [9.17, 15) is 5.26 Å². The summed E-state index contributed by atoms with van der Waals surface area (Å²) < 4.78 is 1.71. The Bertz CT molecular complexity index is 894. The van der Waals surface area contributed by atoms with Crippen LogP contribution in [0.5, 0.6) is 0 Å². The molecule has 2 heterocycles. The zero-order chi connectivity index (χ0) is 16.6. The van der Waals surface area contributed by atoms with Crippen molar-refractivity contribution in [2.75, 3.05) is 0 Å². The molecule has 2 aromatic heterocycles. The van der Waals surface area contributed by atoms with Crippen molar-refractivity contribution < 1.29 is 0 Å². The molecule has 3 aromatic rings. The van der Waals surface area contributed by atoms with Crippen LogP contribution >= 0.6 is 11.3 Å². The topological polar surface area (TPSA) is 54.0 Å². The molecule has 0 N–H and O–H groups in total. The van der Waals surface area contributed by atoms with Crippen LogP contribution in [0, 0.1) is 25.2 Å². The van der Waals surface area contributed by atoms with Gasteiger partial charge < -0.3 is 0 Å². The molecule has 0 radical (unpaired) electrons. The zero-order valence-electron chi connectivity index (χ0n) is 13.9. The Morgan fingerprint density at radius 2 is 1.96 bits per heavy atom. The van der Waals surface area contributed by atoms with Crippen molar-refractivity contribution >= 4 is 16.3 Å². The summed E-state index contributed by atoms with van der Waals surface area (Å²) in [5.41, 5.74) is 4.67. The highest BCUT2D eigenvalue weighted by molar-refractivity contribution is 7.16. The molecule has 4 nitrogen and oxygen atoms in total. The third-order valence-corrected chi connectivity index (χ3v) is 5.51. The highest BCUT2D eigenvalue weighted by Crippen LogP contribution is 2.32. The van der Waals surface area contributed by atoms with E-state index in [0.717, 1.165) is 34.1 Å². The van der Waals surface area contributed by atoms with Crippen LogP contribution in [0.4, 0.5) is 0 Å². The number of benzene rings is 1. The quantitative estimate of drug-likeness (QED) is 0.689. The molecule has 0 amide bonds. The van der Waals surface area contributed by atoms with Crippen molar-refractivity contribution in [3.8, 4) is 17.3 Å². The number of nitrogens with zero attached hydrogens (tertiary/aromatic N) is 4. The van der Waals surface area contributed by atoms with Gasteiger partial charge in [-0.05, 0) is 43.9 Å². The van der Waals surface area contributed by atoms with Crippen LogP contribution in [-0.4, -0.2) is 14.6 Å². The number of aryl methyl sites for hydroxylation is 2. The van der Waals surface area contributed by atoms with Gasteiger partial charge in [-0.3, -0.25) is 0 Å². The number of aromatic nitrogens is 3. The van der Waals surface area contributed by atoms with Crippen LogP contribution in [0.1, 0.15) is 54.4 Å². The van der Waals surface area contributed by atoms with Gasteiger partial charge in [0.2, 0.25) is 4.96 Å². The van der Waals surface area contributed by atoms with Crippen molar-refractivity contribution in [2.24, 2.45) is 0 Å². The monoisotopic (exact) mass is 324 g/mol. The molecule has 0 atom stereocenters. The third-order valence-electron chi connectivity index (χ3n) is 4.44. The maximum Gasteiger partial charge on any atom is 0.214 e. The van der Waals surface area contributed by atoms with E-state index < -0.39 is 0 Å². The van der Waals surface area contributed by atoms with Gasteiger partial charge in [0.05, 0.1) is 0 Å². The zero-order valence-corrected chi connectivity index (χ0v) is 14.7. The van der Waals surface area contributed by atoms with Crippen molar-refractivity contribution in [1.29, 1.82) is 5.26 Å². The Morgan fingerprint density at radius 3 is 2.57 bits per heavy atom. The fourth-order valence-corrected chi connectivity index (χ4v) is 3.92. The number of nitriles is 1. The molecule has 0 bridgehead atoms. The van der Waals surface area contributed by atoms with Gasteiger partial charge in [-0.15, -0.1) is 0 Å². The Labute approximate surface area is 140 Å². The SMILES string of the molecule is CCC(CC)c1nn2c(C#N)c(-c3ccc(C)c(C)c3)nc2s1. The Balaban J connectivity index is 2.14. The smallest absolute Gasteiger partial charge is 0.214 e. The molecular weight excluding hydrogens is 304 g/mol. The average Bonchev–Trinajstić information content (AvgIpc) is 3.08. The Morgan fingerprint density at radius 1 is 1.22 bits per heavy atom. The minimum Gasteiger partial charge on any atom is -0.216 e. The van der Waals surface area contributed by atoms with Gasteiger partial charge in [0.25, 0.3) is 0 Å². The lowest BCUT2D eigenvalue weighted by atomic mass is 10.0. The second kappa shape index (κ2) is 6.13. The van der Waals surface area contributed by atoms with E-state index in [1.165, 1.54) is 11.1 Å². The Kier molecular flexibility index (Phi) is 4.18. The first-order chi connectivity index (χ1) is 11.1. The van der Waals surface area contributed by atoms with Gasteiger partial charge in [0.15, 0.2) is 5.69 Å². The molecule has 1 aromatic carbocycles. The molecule has 23 heavy (non-hydrogen) atoms. The fraction of sp³-hybridized carbons (Fsp3) is 0.389. The number of hydrogen-bond acceptors (Lipinski definition) is 4. The summed E-state index contributed by atoms with van der Waals surface area (Å²) >= 11 is 1.60. The number of rotatable bonds is 4. The van der Waals surface area contributed by atoms with E-state index in [4.69, 9.17) is 4.98 Å². The summed E-state index contributed by atoms with van der Waals surface area (Å²) in [6.07, 6.45) is 2.11. The van der Waals surface area contributed by atoms with Crippen LogP contribution in [0.3, 0.4) is 0 Å². The standard InChI is InChI=1S/C18H20N4S/c1-5-13(6-2)17-21-22-15(10-19)16(20-18(22)23-17)14-8-7-11(3)12(4)9-14/h7-9,13H,5-6H2,1-4H3. The second-order valence-corrected chi connectivity index (χ2v) is 6.86. The fourth-order valence-electron chi connectivity index (χ4n) is 2.76. The van der Waals surface area contributed by atoms with Crippen molar-refractivity contribution in [3.63, 3.8) is 0 Å². The summed E-state index contributed by atoms with van der Waals surface area (Å²) in [4.78, 5) is 5.50. The maximum atomic E-state index is 9.61. The molecule has 5 heteroatoms. The number of hydrogen-bond donors (Lipinski definition) is 0. The van der Waals surface area contributed by atoms with Crippen molar-refractivity contribution in [3.05, 3.63) is 40.0 Å². The highest BCUT2D eigenvalue weighted by Gasteiger charge is 2.20. The first kappa shape index (κ1) is 15.7. The second-order valence-electron chi connectivity index (χ2n) is 5.87. The predicted molar refractivity (Wildman–Crippen MR) is 93.8 cm³/mol. The van der Waals surface area contributed by atoms with Gasteiger partial charge in [-0.1, -0.05) is 37.3 Å². The van der Waals surface area contributed by atoms with Gasteiger partial charge in [-0.2, -0.15) is 14.9 Å². The largest absolute Gasteiger partial charge is 0.216 e. The van der Waals surface area contributed by atoms with Crippen LogP contribution in [0.25, 0.3) is 16.2 Å². The van der Waals surface area contributed by atoms with E-state index >= 15 is 0 Å². The van der Waals surface area contributed by atoms with Gasteiger partial charge in [0.1, 0.15) is 16.8 Å². The normalized spacial score (nSPS) is 11.3. The van der Waals surface area contributed by atoms with Gasteiger partial charge >= 0.3 is 0 Å². The van der Waals surface area contributed by atoms with Crippen LogP contribution in [0.15, 0.2) is 18.2 Å². The molecule has 118 valence electrons. The first-order valence-electron chi connectivity index (χ1n) is 7.96. The molecule has 0 aliphatic rings. The van der Waals surface area contributed by atoms with Gasteiger partial charge in [-0.25, -0.2) is 4.98 Å². The number of fused-ring (bicyclic) bond motifs is 1. The van der Waals surface area contributed by atoms with Gasteiger partial charge in [0, 0.05) is 11.5 Å². The minimum absolute atomic E-state index is 0.443. The summed E-state index contributed by atoms with van der Waals surface area (Å²) in [5, 5.41) is 15.3. The molecule has 0 saturated heterocycles. The first-order valence-corrected chi connectivity index (χ1v) is 8.77. The lowest BCUT2D eigenvalue weighted by molar-refractivity contribution is 0.625. The molecule has 0 fully saturated rings. The number of imidazole rings is 1. The highest BCUT2D eigenvalue weighted by atomic mass is 32.1. The summed E-state index contributed by atoms with van der Waals surface area (Å²) in [5.74, 6) is 0.443. The molecule has 0 saturated carbocycles. The lowest BCUT2D eigenvalue weighted by Crippen LogP contribution is -1.98. The van der Waals surface area contributed by atoms with Crippen LogP contribution in [0.2, 0.25) is 0 Å². The molecule has 0 aliphatic carbocycles. The molecule has 0 spiro atoms. The van der Waals surface area contributed by atoms with Crippen molar-refractivity contribution in [2.45, 2.75) is 46.5 Å². The maximum absolute atomic E-state index is 9.61. The summed E-state index contributed by atoms with van der Waals surface area (Å²) in [6.45, 7) is 8.50. The van der Waals surface area contributed by atoms with Crippen LogP contribution in [-0.2, 0) is 0 Å². The van der Waals surface area contributed by atoms with Crippen molar-refractivity contribution in [1.82, 2.24) is 14.6 Å². The summed E-state index contributed by atoms with van der Waals surface area (Å²) in [7, 11) is 0.